The predicted molar refractivity (Wildman–Crippen MR) is 136 cm³/mol. The van der Waals surface area contributed by atoms with Crippen LogP contribution >= 0.6 is 0 Å². The highest BCUT2D eigenvalue weighted by atomic mass is 16.2. The van der Waals surface area contributed by atoms with Gasteiger partial charge in [-0.2, -0.15) is 0 Å². The van der Waals surface area contributed by atoms with Crippen molar-refractivity contribution in [2.45, 2.75) is 76.2 Å². The first-order chi connectivity index (χ1) is 16.6. The molecule has 4 rings (SSSR count). The molecule has 2 aromatic carbocycles. The molecule has 1 aliphatic heterocycles. The third-order valence-electron chi connectivity index (χ3n) is 7.33. The quantitative estimate of drug-likeness (QED) is 0.372. The van der Waals surface area contributed by atoms with Gasteiger partial charge in [-0.3, -0.25) is 14.5 Å². The molecule has 1 heterocycles. The van der Waals surface area contributed by atoms with Gasteiger partial charge in [-0.1, -0.05) is 106 Å². The summed E-state index contributed by atoms with van der Waals surface area (Å²) in [7, 11) is 0. The summed E-state index contributed by atoms with van der Waals surface area (Å²) in [6, 6.07) is 19.3. The minimum absolute atomic E-state index is 0.105. The van der Waals surface area contributed by atoms with E-state index in [-0.39, 0.29) is 11.9 Å². The summed E-state index contributed by atoms with van der Waals surface area (Å²) in [4.78, 5) is 32.5. The fourth-order valence-corrected chi connectivity index (χ4v) is 5.46. The van der Waals surface area contributed by atoms with E-state index in [2.05, 4.69) is 0 Å². The van der Waals surface area contributed by atoms with Crippen LogP contribution in [0.2, 0.25) is 0 Å². The summed E-state index contributed by atoms with van der Waals surface area (Å²) in [6.07, 6.45) is 11.6. The number of hydrogen-bond acceptors (Lipinski definition) is 4. The number of nitrogens with zero attached hydrogens (tertiary/aromatic N) is 2. The Labute approximate surface area is 203 Å². The summed E-state index contributed by atoms with van der Waals surface area (Å²) in [5, 5.41) is 0. The largest absolute Gasteiger partial charge is 0.369 e. The van der Waals surface area contributed by atoms with Crippen molar-refractivity contribution in [2.24, 2.45) is 16.6 Å². The van der Waals surface area contributed by atoms with Gasteiger partial charge in [0, 0.05) is 19.4 Å². The monoisotopic (exact) mass is 459 g/mol. The van der Waals surface area contributed by atoms with Crippen molar-refractivity contribution in [1.82, 2.24) is 4.90 Å². The lowest BCUT2D eigenvalue weighted by Gasteiger charge is -2.27. The topological polar surface area (TPSA) is 75.8 Å². The molecule has 1 fully saturated rings. The number of aliphatic imine (C=N–C) groups is 1. The third-order valence-corrected chi connectivity index (χ3v) is 7.33. The lowest BCUT2D eigenvalue weighted by atomic mass is 9.83. The van der Waals surface area contributed by atoms with Crippen LogP contribution in [0.25, 0.3) is 0 Å². The van der Waals surface area contributed by atoms with Gasteiger partial charge in [0.25, 0.3) is 5.91 Å². The number of Topliss-reactive ketones (excluding diaryl/α,β-unsaturated/α-hetero) is 1. The van der Waals surface area contributed by atoms with Crippen LogP contribution in [0.3, 0.4) is 0 Å². The SMILES string of the molecule is NC1=NC(c2ccccc2)(c2ccccc2)C(=O)N1CCCCCC(=O)CC1CCCCCC1. The Morgan fingerprint density at radius 2 is 1.47 bits per heavy atom. The van der Waals surface area contributed by atoms with Crippen LogP contribution in [-0.2, 0) is 15.1 Å². The average molecular weight is 460 g/mol. The van der Waals surface area contributed by atoms with Gasteiger partial charge in [-0.25, -0.2) is 4.99 Å². The van der Waals surface area contributed by atoms with Crippen molar-refractivity contribution in [3.8, 4) is 0 Å². The van der Waals surface area contributed by atoms with Crippen molar-refractivity contribution < 1.29 is 9.59 Å². The molecule has 2 aromatic rings. The fraction of sp³-hybridized carbons (Fsp3) is 0.483. The Hall–Kier alpha value is -2.95. The van der Waals surface area contributed by atoms with Crippen molar-refractivity contribution >= 4 is 17.6 Å². The van der Waals surface area contributed by atoms with Crippen LogP contribution < -0.4 is 5.73 Å². The van der Waals surface area contributed by atoms with E-state index in [1.807, 2.05) is 60.7 Å². The van der Waals surface area contributed by atoms with Gasteiger partial charge in [0.15, 0.2) is 11.5 Å². The van der Waals surface area contributed by atoms with Crippen molar-refractivity contribution in [1.29, 1.82) is 0 Å². The zero-order valence-corrected chi connectivity index (χ0v) is 20.1. The van der Waals surface area contributed by atoms with E-state index in [0.29, 0.717) is 24.7 Å². The van der Waals surface area contributed by atoms with E-state index < -0.39 is 5.54 Å². The molecule has 0 atom stereocenters. The van der Waals surface area contributed by atoms with Gasteiger partial charge in [0.2, 0.25) is 0 Å². The molecular formula is C29H37N3O2. The number of guanidine groups is 1. The molecule has 1 aliphatic carbocycles. The number of nitrogens with two attached hydrogens (primary N) is 1. The highest BCUT2D eigenvalue weighted by molar-refractivity contribution is 6.09. The van der Waals surface area contributed by atoms with Gasteiger partial charge in [-0.05, 0) is 29.9 Å². The Morgan fingerprint density at radius 3 is 2.06 bits per heavy atom. The molecule has 0 bridgehead atoms. The fourth-order valence-electron chi connectivity index (χ4n) is 5.46. The lowest BCUT2D eigenvalue weighted by molar-refractivity contribution is -0.130. The van der Waals surface area contributed by atoms with E-state index in [9.17, 15) is 9.59 Å². The molecule has 0 unspecified atom stereocenters. The predicted octanol–water partition coefficient (Wildman–Crippen LogP) is 5.58. The second-order valence-electron chi connectivity index (χ2n) is 9.78. The molecule has 1 amide bonds. The molecule has 2 aliphatic rings. The summed E-state index contributed by atoms with van der Waals surface area (Å²) >= 11 is 0. The van der Waals surface area contributed by atoms with E-state index in [1.54, 1.807) is 4.90 Å². The van der Waals surface area contributed by atoms with Gasteiger partial charge in [0.05, 0.1) is 0 Å². The summed E-state index contributed by atoms with van der Waals surface area (Å²) in [6.45, 7) is 0.520. The molecule has 34 heavy (non-hydrogen) atoms. The minimum Gasteiger partial charge on any atom is -0.369 e. The van der Waals surface area contributed by atoms with Gasteiger partial charge in [0.1, 0.15) is 5.78 Å². The number of amides is 1. The molecule has 0 spiro atoms. The molecule has 0 radical (unpaired) electrons. The van der Waals surface area contributed by atoms with Crippen LogP contribution in [0, 0.1) is 5.92 Å². The van der Waals surface area contributed by atoms with Crippen LogP contribution in [-0.4, -0.2) is 29.1 Å². The van der Waals surface area contributed by atoms with Crippen LogP contribution in [0.4, 0.5) is 0 Å². The smallest absolute Gasteiger partial charge is 0.266 e. The Balaban J connectivity index is 1.33. The van der Waals surface area contributed by atoms with E-state index in [1.165, 1.54) is 38.5 Å². The van der Waals surface area contributed by atoms with Crippen LogP contribution in [0.5, 0.6) is 0 Å². The normalized spacial score (nSPS) is 18.5. The van der Waals surface area contributed by atoms with E-state index in [4.69, 9.17) is 10.7 Å². The highest BCUT2D eigenvalue weighted by Crippen LogP contribution is 2.39. The van der Waals surface area contributed by atoms with Gasteiger partial charge in [-0.15, -0.1) is 0 Å². The maximum Gasteiger partial charge on any atom is 0.266 e. The minimum atomic E-state index is -1.14. The maximum atomic E-state index is 13.7. The Kier molecular flexibility index (Phi) is 8.15. The molecule has 2 N–H and O–H groups in total. The summed E-state index contributed by atoms with van der Waals surface area (Å²) in [5.74, 6) is 1.16. The van der Waals surface area contributed by atoms with Crippen LogP contribution in [0.1, 0.15) is 81.8 Å². The average Bonchev–Trinajstić information content (AvgIpc) is 3.01. The molecule has 180 valence electrons. The molecule has 1 saturated carbocycles. The second-order valence-corrected chi connectivity index (χ2v) is 9.78. The number of hydrogen-bond donors (Lipinski definition) is 1. The zero-order valence-electron chi connectivity index (χ0n) is 20.1. The first-order valence-electron chi connectivity index (χ1n) is 12.9. The van der Waals surface area contributed by atoms with E-state index >= 15 is 0 Å². The van der Waals surface area contributed by atoms with Gasteiger partial charge < -0.3 is 5.73 Å². The summed E-state index contributed by atoms with van der Waals surface area (Å²) in [5.41, 5.74) is 6.80. The Bertz CT molecular complexity index is 939. The molecule has 0 saturated heterocycles. The molecule has 5 nitrogen and oxygen atoms in total. The number of unbranched alkanes of at least 4 members (excludes halogenated alkanes) is 2. The third kappa shape index (κ3) is 5.40. The molecule has 0 aromatic heterocycles. The Morgan fingerprint density at radius 1 is 0.882 bits per heavy atom. The highest BCUT2D eigenvalue weighted by Gasteiger charge is 2.50. The standard InChI is InChI=1S/C29H37N3O2/c30-28-31-29(24-16-8-3-9-17-24,25-18-10-4-11-19-25)27(34)32(28)21-13-5-12-20-26(33)22-23-14-6-1-2-7-15-23/h3-4,8-11,16-19,23H,1-2,5-7,12-15,20-22H2,(H2,30,31). The number of carbonyl (C=O) groups is 2. The number of benzene rings is 2. The summed E-state index contributed by atoms with van der Waals surface area (Å²) < 4.78 is 0. The zero-order chi connectivity index (χ0) is 23.8. The van der Waals surface area contributed by atoms with Gasteiger partial charge >= 0.3 is 0 Å². The van der Waals surface area contributed by atoms with Crippen LogP contribution in [0.15, 0.2) is 65.7 Å². The van der Waals surface area contributed by atoms with Crippen molar-refractivity contribution in [2.75, 3.05) is 6.54 Å². The number of ketones is 1. The van der Waals surface area contributed by atoms with Crippen molar-refractivity contribution in [3.63, 3.8) is 0 Å². The second kappa shape index (κ2) is 11.5. The number of rotatable bonds is 10. The molecule has 5 heteroatoms. The van der Waals surface area contributed by atoms with E-state index in [0.717, 1.165) is 36.8 Å². The maximum absolute atomic E-state index is 13.7. The number of carbonyl (C=O) groups excluding carboxylic acids is 2. The first-order valence-corrected chi connectivity index (χ1v) is 12.9. The first kappa shape index (κ1) is 24.2. The van der Waals surface area contributed by atoms with Crippen molar-refractivity contribution in [3.05, 3.63) is 71.8 Å². The molecular weight excluding hydrogens is 422 g/mol. The lowest BCUT2D eigenvalue weighted by Crippen LogP contribution is -2.44.